The summed E-state index contributed by atoms with van der Waals surface area (Å²) in [4.78, 5) is 0. The third kappa shape index (κ3) is 1.63. The molecule has 0 bridgehead atoms. The van der Waals surface area contributed by atoms with E-state index < -0.39 is 107 Å². The van der Waals surface area contributed by atoms with Gasteiger partial charge in [0, 0.05) is 0 Å². The average molecular weight is 997 g/mol. The van der Waals surface area contributed by atoms with Crippen molar-refractivity contribution in [1.29, 1.82) is 0 Å². The molecule has 0 saturated heterocycles. The van der Waals surface area contributed by atoms with Crippen LogP contribution in [0.25, 0.3) is 243 Å². The molecular weight excluding hydrogens is 997 g/mol. The summed E-state index contributed by atoms with van der Waals surface area (Å²) in [6.07, 6.45) is -22.7. The van der Waals surface area contributed by atoms with Crippen LogP contribution in [0.3, 0.4) is 0 Å². The first-order valence-corrected chi connectivity index (χ1v) is 25.8. The molecule has 0 radical (unpaired) electrons. The lowest BCUT2D eigenvalue weighted by molar-refractivity contribution is -0.199. The van der Waals surface area contributed by atoms with Crippen LogP contribution in [0.1, 0.15) is 55.6 Å². The average Bonchev–Trinajstić information content (AvgIpc) is 1.40. The monoisotopic (exact) mass is 996 g/mol. The Morgan fingerprint density at radius 1 is 0.158 bits per heavy atom. The van der Waals surface area contributed by atoms with Gasteiger partial charge in [0.2, 0.25) is 0 Å². The molecular formula is C64F12. The van der Waals surface area contributed by atoms with E-state index in [4.69, 9.17) is 0 Å². The number of benzene rings is 15. The fourth-order valence-corrected chi connectivity index (χ4v) is 25.7. The lowest BCUT2D eigenvalue weighted by Gasteiger charge is -2.56. The Balaban J connectivity index is 1.21. The maximum Gasteiger partial charge on any atom is 0.406 e. The van der Waals surface area contributed by atoms with Crippen LogP contribution >= 0.6 is 0 Å². The van der Waals surface area contributed by atoms with E-state index in [0.717, 1.165) is 80.8 Å². The standard InChI is InChI=1S/C64F12/c65-61(66,67)57-46-35-24-17-5-3-2-1-4(5)9-8-10-6(1)13-15-11(2)16-14-7(3)12-19(17)32(35)37-33-23(12)28(14)40-43-30(16)29(15)41-39-26(13)21(10)25-22-18(8)27(20(9)24)38(46)42-31(22)34-36(25)47(39)58(62(68,69)70)50(41)52(43)59(63(71,72)73)48(40)44(33)53(49(37)57)60(64(74,75)76)54(51(42)57)45(34)55(58)56(59)60. The first-order valence-electron chi connectivity index (χ1n) is 25.8. The van der Waals surface area contributed by atoms with E-state index in [1.807, 2.05) is 0 Å². The summed E-state index contributed by atoms with van der Waals surface area (Å²) < 4.78 is 225. The zero-order valence-electron chi connectivity index (χ0n) is 36.5. The van der Waals surface area contributed by atoms with Gasteiger partial charge in [-0.1, -0.05) is 0 Å². The summed E-state index contributed by atoms with van der Waals surface area (Å²) in [7, 11) is 0. The highest BCUT2D eigenvalue weighted by molar-refractivity contribution is 6.78. The minimum atomic E-state index is -5.89. The van der Waals surface area contributed by atoms with E-state index >= 15 is 52.7 Å². The molecule has 0 aromatic heterocycles. The molecule has 9 aliphatic carbocycles. The van der Waals surface area contributed by atoms with Crippen LogP contribution in [0.2, 0.25) is 0 Å². The number of hydrogen-bond donors (Lipinski definition) is 0. The van der Waals surface area contributed by atoms with Gasteiger partial charge in [-0.15, -0.1) is 0 Å². The summed E-state index contributed by atoms with van der Waals surface area (Å²) >= 11 is 0. The first kappa shape index (κ1) is 31.7. The van der Waals surface area contributed by atoms with Gasteiger partial charge in [-0.3, -0.25) is 0 Å². The van der Waals surface area contributed by atoms with Crippen molar-refractivity contribution in [3.63, 3.8) is 0 Å². The molecule has 4 unspecified atom stereocenters. The minimum absolute atomic E-state index is 0.00810. The number of allylic oxidation sites excluding steroid dienone is 2. The van der Waals surface area contributed by atoms with E-state index in [2.05, 4.69) is 0 Å². The third-order valence-corrected chi connectivity index (χ3v) is 25.7. The molecule has 0 fully saturated rings. The lowest BCUT2D eigenvalue weighted by Crippen LogP contribution is -2.63. The van der Waals surface area contributed by atoms with Crippen molar-refractivity contribution in [2.75, 3.05) is 0 Å². The van der Waals surface area contributed by atoms with Crippen molar-refractivity contribution in [1.82, 2.24) is 0 Å². The predicted molar refractivity (Wildman–Crippen MR) is 269 cm³/mol. The zero-order valence-corrected chi connectivity index (χ0v) is 36.5. The molecule has 0 aliphatic heterocycles. The van der Waals surface area contributed by atoms with Crippen LogP contribution in [0.4, 0.5) is 52.7 Å². The Morgan fingerprint density at radius 2 is 0.342 bits per heavy atom. The molecule has 0 amide bonds. The summed E-state index contributed by atoms with van der Waals surface area (Å²) in [5.41, 5.74) is -24.0. The lowest BCUT2D eigenvalue weighted by atomic mass is 9.45. The van der Waals surface area contributed by atoms with Crippen LogP contribution in [-0.2, 0) is 21.7 Å². The SMILES string of the molecule is FC(F)(F)C12C3=C4c5c1c1c6c7c8c9c%10c%11c(c2c2c%12c%13c%14c(c%15c%16c%17c(c%18c5c6c5c%18c6c%17c%17c%18c%16c%14c%14c%16c%13c(c2%11)c2c%10c%10c9c9c7c5c5c6c%17c6c(c95)c%10c(c%162)c6c%14%18)C4%15C(F)(F)F)C3%12C(F)(F)F)C18C(F)(F)F. The Bertz CT molecular complexity index is 7320. The molecule has 23 aromatic rings. The molecule has 0 nitrogen and oxygen atoms in total. The molecule has 340 valence electrons. The highest BCUT2D eigenvalue weighted by atomic mass is 19.4. The molecule has 23 aromatic carbocycles. The molecule has 32 rings (SSSR count). The maximum atomic E-state index is 18.8. The molecule has 0 heterocycles. The fraction of sp³-hybridized carbons (Fsp3) is 0.125. The smallest absolute Gasteiger partial charge is 0.169 e. The first-order chi connectivity index (χ1) is 36.5. The third-order valence-electron chi connectivity index (χ3n) is 25.7. The molecule has 76 heavy (non-hydrogen) atoms. The van der Waals surface area contributed by atoms with Crippen molar-refractivity contribution in [2.24, 2.45) is 0 Å². The number of hydrogen-bond acceptors (Lipinski definition) is 0. The second-order valence-electron chi connectivity index (χ2n) is 26.0. The van der Waals surface area contributed by atoms with E-state index in [1.165, 1.54) is 0 Å². The van der Waals surface area contributed by atoms with Gasteiger partial charge in [-0.05, 0) is 304 Å². The summed E-state index contributed by atoms with van der Waals surface area (Å²) in [5, 5.41) is 21.1. The second-order valence-corrected chi connectivity index (χ2v) is 26.0. The quantitative estimate of drug-likeness (QED) is 0.105. The summed E-state index contributed by atoms with van der Waals surface area (Å²) in [6, 6.07) is 0. The van der Waals surface area contributed by atoms with E-state index in [1.54, 1.807) is 0 Å². The predicted octanol–water partition coefficient (Wildman–Crippen LogP) is 18.6. The van der Waals surface area contributed by atoms with E-state index in [0.29, 0.717) is 91.6 Å². The van der Waals surface area contributed by atoms with Gasteiger partial charge in [-0.25, -0.2) is 0 Å². The van der Waals surface area contributed by atoms with Crippen LogP contribution in [-0.4, -0.2) is 24.7 Å². The van der Waals surface area contributed by atoms with Crippen molar-refractivity contribution < 1.29 is 52.7 Å². The Morgan fingerprint density at radius 3 is 0.711 bits per heavy atom. The van der Waals surface area contributed by atoms with Crippen molar-refractivity contribution >= 4 is 243 Å². The van der Waals surface area contributed by atoms with Gasteiger partial charge in [-0.2, -0.15) is 52.7 Å². The van der Waals surface area contributed by atoms with Crippen LogP contribution < -0.4 is 0 Å². The van der Waals surface area contributed by atoms with Crippen LogP contribution in [0.5, 0.6) is 0 Å². The van der Waals surface area contributed by atoms with Crippen LogP contribution in [0, 0.1) is 0 Å². The van der Waals surface area contributed by atoms with Gasteiger partial charge in [0.05, 0.1) is 0 Å². The van der Waals surface area contributed by atoms with Gasteiger partial charge < -0.3 is 0 Å². The van der Waals surface area contributed by atoms with Gasteiger partial charge in [0.15, 0.2) is 0 Å². The molecule has 12 heteroatoms. The highest BCUT2D eigenvalue weighted by Gasteiger charge is 2.88. The molecule has 9 aliphatic rings. The van der Waals surface area contributed by atoms with Gasteiger partial charge in [0.1, 0.15) is 21.7 Å². The number of alkyl halides is 12. The van der Waals surface area contributed by atoms with Crippen molar-refractivity contribution in [2.45, 2.75) is 46.4 Å². The van der Waals surface area contributed by atoms with Gasteiger partial charge >= 0.3 is 24.7 Å². The largest absolute Gasteiger partial charge is 0.406 e. The second kappa shape index (κ2) is 6.72. The van der Waals surface area contributed by atoms with Crippen molar-refractivity contribution in [3.8, 4) is 0 Å². The van der Waals surface area contributed by atoms with Crippen molar-refractivity contribution in [3.05, 3.63) is 61.2 Å². The Labute approximate surface area is 401 Å². The number of rotatable bonds is 0. The van der Waals surface area contributed by atoms with E-state index in [-0.39, 0.29) is 70.4 Å². The normalized spacial score (nSPS) is 26.8. The zero-order chi connectivity index (χ0) is 48.3. The van der Waals surface area contributed by atoms with E-state index in [9.17, 15) is 0 Å². The molecule has 0 N–H and O–H groups in total. The molecule has 0 saturated carbocycles. The van der Waals surface area contributed by atoms with Gasteiger partial charge in [0.25, 0.3) is 0 Å². The topological polar surface area (TPSA) is 0 Å². The number of halogens is 12. The Kier molecular flexibility index (Phi) is 2.80. The molecule has 4 atom stereocenters. The maximum absolute atomic E-state index is 18.8. The fourth-order valence-electron chi connectivity index (χ4n) is 25.7. The Hall–Kier alpha value is -8.12. The van der Waals surface area contributed by atoms with Crippen LogP contribution in [0.15, 0.2) is 5.57 Å². The minimum Gasteiger partial charge on any atom is -0.169 e. The summed E-state index contributed by atoms with van der Waals surface area (Å²) in [5.74, 6) is 0. The summed E-state index contributed by atoms with van der Waals surface area (Å²) in [6.45, 7) is 0. The highest BCUT2D eigenvalue weighted by Crippen LogP contribution is 2.92. The molecule has 0 spiro atoms.